The maximum absolute atomic E-state index is 12.5. The lowest BCUT2D eigenvalue weighted by atomic mass is 10.0. The maximum atomic E-state index is 12.5. The second kappa shape index (κ2) is 5.93. The largest absolute Gasteiger partial charge is 0.366 e. The monoisotopic (exact) mass is 296 g/mol. The number of nitrogens with zero attached hydrogens (tertiary/aromatic N) is 3. The summed E-state index contributed by atoms with van der Waals surface area (Å²) in [4.78, 5) is 33.8. The molecule has 3 heterocycles. The number of pyridine rings is 2. The molecule has 0 saturated carbocycles. The SMILES string of the molecule is NC(=O)c1ccnc(C(=O)N2CCC(c3ccccn3)C2)c1. The molecule has 0 aliphatic carbocycles. The third-order valence-electron chi connectivity index (χ3n) is 3.85. The third-order valence-corrected chi connectivity index (χ3v) is 3.85. The van der Waals surface area contributed by atoms with Crippen molar-refractivity contribution in [3.05, 3.63) is 59.7 Å². The van der Waals surface area contributed by atoms with Crippen LogP contribution in [-0.2, 0) is 0 Å². The molecule has 1 atom stereocenters. The average Bonchev–Trinajstić information content (AvgIpc) is 3.05. The van der Waals surface area contributed by atoms with Crippen molar-refractivity contribution in [1.29, 1.82) is 0 Å². The normalized spacial score (nSPS) is 17.5. The van der Waals surface area contributed by atoms with Crippen molar-refractivity contribution < 1.29 is 9.59 Å². The lowest BCUT2D eigenvalue weighted by Crippen LogP contribution is -2.29. The highest BCUT2D eigenvalue weighted by Gasteiger charge is 2.29. The Labute approximate surface area is 128 Å². The molecule has 1 unspecified atom stereocenters. The Morgan fingerprint density at radius 2 is 2.05 bits per heavy atom. The van der Waals surface area contributed by atoms with Crippen LogP contribution in [0.5, 0.6) is 0 Å². The summed E-state index contributed by atoms with van der Waals surface area (Å²) in [5.74, 6) is -0.504. The van der Waals surface area contributed by atoms with Gasteiger partial charge in [-0.2, -0.15) is 0 Å². The van der Waals surface area contributed by atoms with E-state index in [4.69, 9.17) is 5.73 Å². The van der Waals surface area contributed by atoms with Gasteiger partial charge in [0.25, 0.3) is 5.91 Å². The first kappa shape index (κ1) is 14.2. The Balaban J connectivity index is 1.74. The molecule has 0 spiro atoms. The number of hydrogen-bond donors (Lipinski definition) is 1. The number of rotatable bonds is 3. The Morgan fingerprint density at radius 1 is 1.18 bits per heavy atom. The molecule has 0 radical (unpaired) electrons. The zero-order valence-corrected chi connectivity index (χ0v) is 12.0. The van der Waals surface area contributed by atoms with Crippen LogP contribution in [0, 0.1) is 0 Å². The van der Waals surface area contributed by atoms with E-state index >= 15 is 0 Å². The van der Waals surface area contributed by atoms with Gasteiger partial charge in [-0.3, -0.25) is 19.6 Å². The van der Waals surface area contributed by atoms with Crippen LogP contribution in [0.15, 0.2) is 42.7 Å². The number of amides is 2. The second-order valence-electron chi connectivity index (χ2n) is 5.29. The van der Waals surface area contributed by atoms with E-state index in [2.05, 4.69) is 9.97 Å². The fourth-order valence-electron chi connectivity index (χ4n) is 2.67. The minimum Gasteiger partial charge on any atom is -0.366 e. The minimum atomic E-state index is -0.566. The summed E-state index contributed by atoms with van der Waals surface area (Å²) >= 11 is 0. The van der Waals surface area contributed by atoms with Crippen molar-refractivity contribution in [3.8, 4) is 0 Å². The smallest absolute Gasteiger partial charge is 0.272 e. The maximum Gasteiger partial charge on any atom is 0.272 e. The van der Waals surface area contributed by atoms with E-state index in [0.29, 0.717) is 18.7 Å². The van der Waals surface area contributed by atoms with Crippen molar-refractivity contribution in [2.45, 2.75) is 12.3 Å². The molecule has 6 nitrogen and oxygen atoms in total. The van der Waals surface area contributed by atoms with Gasteiger partial charge in [0.15, 0.2) is 0 Å². The molecule has 6 heteroatoms. The van der Waals surface area contributed by atoms with Crippen LogP contribution in [0.1, 0.15) is 38.9 Å². The molecule has 1 fully saturated rings. The standard InChI is InChI=1S/C16H16N4O2/c17-15(21)11-4-7-19-14(9-11)16(22)20-8-5-12(10-20)13-3-1-2-6-18-13/h1-4,6-7,9,12H,5,8,10H2,(H2,17,21). The molecule has 2 amide bonds. The fraction of sp³-hybridized carbons (Fsp3) is 0.250. The van der Waals surface area contributed by atoms with E-state index < -0.39 is 5.91 Å². The van der Waals surface area contributed by atoms with Crippen molar-refractivity contribution in [2.75, 3.05) is 13.1 Å². The van der Waals surface area contributed by atoms with Crippen LogP contribution in [-0.4, -0.2) is 39.8 Å². The van der Waals surface area contributed by atoms with Crippen LogP contribution in [0.4, 0.5) is 0 Å². The highest BCUT2D eigenvalue weighted by atomic mass is 16.2. The number of carbonyl (C=O) groups is 2. The van der Waals surface area contributed by atoms with Crippen molar-refractivity contribution in [2.24, 2.45) is 5.73 Å². The highest BCUT2D eigenvalue weighted by Crippen LogP contribution is 2.26. The van der Waals surface area contributed by atoms with Crippen LogP contribution < -0.4 is 5.73 Å². The summed E-state index contributed by atoms with van der Waals surface area (Å²) in [5.41, 5.74) is 6.77. The Bertz CT molecular complexity index is 702. The lowest BCUT2D eigenvalue weighted by molar-refractivity contribution is 0.0785. The quantitative estimate of drug-likeness (QED) is 0.921. The van der Waals surface area contributed by atoms with Crippen molar-refractivity contribution >= 4 is 11.8 Å². The molecular formula is C16H16N4O2. The van der Waals surface area contributed by atoms with Gasteiger partial charge in [-0.1, -0.05) is 6.07 Å². The summed E-state index contributed by atoms with van der Waals surface area (Å²) in [6.07, 6.45) is 4.07. The number of carbonyl (C=O) groups excluding carboxylic acids is 2. The molecule has 22 heavy (non-hydrogen) atoms. The molecule has 2 aromatic heterocycles. The summed E-state index contributed by atoms with van der Waals surface area (Å²) in [7, 11) is 0. The van der Waals surface area contributed by atoms with Crippen molar-refractivity contribution in [3.63, 3.8) is 0 Å². The summed E-state index contributed by atoms with van der Waals surface area (Å²) in [6, 6.07) is 8.74. The van der Waals surface area contributed by atoms with Gasteiger partial charge in [0.2, 0.25) is 5.91 Å². The van der Waals surface area contributed by atoms with Crippen LogP contribution in [0.25, 0.3) is 0 Å². The van der Waals surface area contributed by atoms with Gasteiger partial charge in [0.1, 0.15) is 5.69 Å². The van der Waals surface area contributed by atoms with Gasteiger partial charge >= 0.3 is 0 Å². The van der Waals surface area contributed by atoms with Gasteiger partial charge < -0.3 is 10.6 Å². The number of hydrogen-bond acceptors (Lipinski definition) is 4. The van der Waals surface area contributed by atoms with Crippen LogP contribution in [0.2, 0.25) is 0 Å². The number of nitrogens with two attached hydrogens (primary N) is 1. The molecule has 2 aromatic rings. The van der Waals surface area contributed by atoms with Gasteiger partial charge in [-0.25, -0.2) is 0 Å². The summed E-state index contributed by atoms with van der Waals surface area (Å²) < 4.78 is 0. The highest BCUT2D eigenvalue weighted by molar-refractivity contribution is 5.97. The van der Waals surface area contributed by atoms with Crippen LogP contribution in [0.3, 0.4) is 0 Å². The molecule has 0 bridgehead atoms. The molecule has 1 aliphatic heterocycles. The molecule has 0 aromatic carbocycles. The Kier molecular flexibility index (Phi) is 3.82. The zero-order valence-electron chi connectivity index (χ0n) is 12.0. The average molecular weight is 296 g/mol. The first-order chi connectivity index (χ1) is 10.6. The fourth-order valence-corrected chi connectivity index (χ4v) is 2.67. The zero-order chi connectivity index (χ0) is 15.5. The van der Waals surface area contributed by atoms with Crippen molar-refractivity contribution in [1.82, 2.24) is 14.9 Å². The van der Waals surface area contributed by atoms with Gasteiger partial charge in [0, 0.05) is 42.7 Å². The summed E-state index contributed by atoms with van der Waals surface area (Å²) in [5, 5.41) is 0. The van der Waals surface area contributed by atoms with Gasteiger partial charge in [-0.15, -0.1) is 0 Å². The van der Waals surface area contributed by atoms with Crippen LogP contribution >= 0.6 is 0 Å². The molecule has 1 aliphatic rings. The topological polar surface area (TPSA) is 89.2 Å². The number of primary amides is 1. The predicted octanol–water partition coefficient (Wildman–Crippen LogP) is 1.21. The molecular weight excluding hydrogens is 280 g/mol. The van der Waals surface area contributed by atoms with E-state index in [1.807, 2.05) is 18.2 Å². The number of aromatic nitrogens is 2. The third kappa shape index (κ3) is 2.81. The number of likely N-dealkylation sites (tertiary alicyclic amines) is 1. The molecule has 3 rings (SSSR count). The van der Waals surface area contributed by atoms with E-state index in [9.17, 15) is 9.59 Å². The molecule has 1 saturated heterocycles. The first-order valence-electron chi connectivity index (χ1n) is 7.11. The van der Waals surface area contributed by atoms with E-state index in [1.54, 1.807) is 11.1 Å². The predicted molar refractivity (Wildman–Crippen MR) is 80.3 cm³/mol. The second-order valence-corrected chi connectivity index (χ2v) is 5.29. The minimum absolute atomic E-state index is 0.179. The van der Waals surface area contributed by atoms with E-state index in [0.717, 1.165) is 12.1 Å². The Morgan fingerprint density at radius 3 is 2.77 bits per heavy atom. The molecule has 112 valence electrons. The summed E-state index contributed by atoms with van der Waals surface area (Å²) in [6.45, 7) is 1.26. The first-order valence-corrected chi connectivity index (χ1v) is 7.11. The lowest BCUT2D eigenvalue weighted by Gasteiger charge is -2.16. The van der Waals surface area contributed by atoms with Gasteiger partial charge in [0.05, 0.1) is 0 Å². The molecule has 2 N–H and O–H groups in total. The van der Waals surface area contributed by atoms with E-state index in [-0.39, 0.29) is 17.5 Å². The van der Waals surface area contributed by atoms with Gasteiger partial charge in [-0.05, 0) is 30.7 Å². The Hall–Kier alpha value is -2.76. The van der Waals surface area contributed by atoms with E-state index in [1.165, 1.54) is 18.3 Å².